The Labute approximate surface area is 144 Å². The molecule has 0 fully saturated rings. The van der Waals surface area contributed by atoms with Gasteiger partial charge in [-0.25, -0.2) is 4.79 Å². The van der Waals surface area contributed by atoms with Crippen molar-refractivity contribution >= 4 is 5.82 Å². The number of fused-ring (bicyclic) bond motifs is 1. The van der Waals surface area contributed by atoms with Gasteiger partial charge in [0.25, 0.3) is 5.56 Å². The smallest absolute Gasteiger partial charge is 0.332 e. The molecule has 0 N–H and O–H groups in total. The van der Waals surface area contributed by atoms with E-state index in [0.29, 0.717) is 30.4 Å². The van der Waals surface area contributed by atoms with Gasteiger partial charge in [0.1, 0.15) is 11.9 Å². The molecule has 8 nitrogen and oxygen atoms in total. The van der Waals surface area contributed by atoms with E-state index in [4.69, 9.17) is 9.47 Å². The minimum atomic E-state index is -0.593. The molecule has 130 valence electrons. The maximum absolute atomic E-state index is 12.3. The molecule has 3 rings (SSSR count). The van der Waals surface area contributed by atoms with Crippen molar-refractivity contribution in [3.05, 3.63) is 50.2 Å². The Kier molecular flexibility index (Phi) is 4.23. The Hall–Kier alpha value is -3.21. The third-order valence-corrected chi connectivity index (χ3v) is 4.24. The molecular weight excluding hydrogens is 324 g/mol. The van der Waals surface area contributed by atoms with Gasteiger partial charge >= 0.3 is 5.69 Å². The van der Waals surface area contributed by atoms with Gasteiger partial charge in [0.05, 0.1) is 0 Å². The highest BCUT2D eigenvalue weighted by Crippen LogP contribution is 2.33. The Morgan fingerprint density at radius 2 is 1.92 bits per heavy atom. The lowest BCUT2D eigenvalue weighted by atomic mass is 10.1. The van der Waals surface area contributed by atoms with Gasteiger partial charge in [-0.3, -0.25) is 13.9 Å². The molecule has 2 aromatic rings. The summed E-state index contributed by atoms with van der Waals surface area (Å²) < 4.78 is 13.0. The lowest BCUT2D eigenvalue weighted by Crippen LogP contribution is -2.42. The molecule has 1 aliphatic heterocycles. The summed E-state index contributed by atoms with van der Waals surface area (Å²) in [4.78, 5) is 26.4. The fourth-order valence-electron chi connectivity index (χ4n) is 2.90. The highest BCUT2D eigenvalue weighted by Gasteiger charge is 2.21. The van der Waals surface area contributed by atoms with Gasteiger partial charge in [0.15, 0.2) is 17.1 Å². The number of hydrogen-bond acceptors (Lipinski definition) is 6. The van der Waals surface area contributed by atoms with Gasteiger partial charge in [0.2, 0.25) is 6.79 Å². The summed E-state index contributed by atoms with van der Waals surface area (Å²) in [5, 5.41) is 9.43. The first kappa shape index (κ1) is 16.6. The summed E-state index contributed by atoms with van der Waals surface area (Å²) in [5.41, 5.74) is -0.191. The van der Waals surface area contributed by atoms with Crippen molar-refractivity contribution in [3.63, 3.8) is 0 Å². The molecule has 25 heavy (non-hydrogen) atoms. The largest absolute Gasteiger partial charge is 0.454 e. The van der Waals surface area contributed by atoms with Crippen molar-refractivity contribution in [2.24, 2.45) is 14.1 Å². The highest BCUT2D eigenvalue weighted by atomic mass is 16.7. The number of anilines is 1. The summed E-state index contributed by atoms with van der Waals surface area (Å²) in [7, 11) is 2.92. The van der Waals surface area contributed by atoms with Crippen molar-refractivity contribution in [1.29, 1.82) is 5.26 Å². The standard InChI is InChI=1S/C17H18N4O4/c1-4-21(9-11-5-6-13-14(7-11)25-10-24-13)15-12(8-18)16(22)20(3)17(23)19(15)2/h5-7H,4,9-10H2,1-3H3. The fraction of sp³-hybridized carbons (Fsp3) is 0.353. The van der Waals surface area contributed by atoms with Gasteiger partial charge in [-0.1, -0.05) is 6.07 Å². The van der Waals surface area contributed by atoms with Crippen molar-refractivity contribution in [1.82, 2.24) is 9.13 Å². The van der Waals surface area contributed by atoms with Crippen LogP contribution in [0.15, 0.2) is 27.8 Å². The molecule has 0 amide bonds. The van der Waals surface area contributed by atoms with Crippen LogP contribution >= 0.6 is 0 Å². The third kappa shape index (κ3) is 2.74. The number of nitrogens with zero attached hydrogens (tertiary/aromatic N) is 4. The summed E-state index contributed by atoms with van der Waals surface area (Å²) >= 11 is 0. The van der Waals surface area contributed by atoms with Crippen molar-refractivity contribution in [2.45, 2.75) is 13.5 Å². The first-order valence-electron chi connectivity index (χ1n) is 7.81. The van der Waals surface area contributed by atoms with Crippen LogP contribution in [0.3, 0.4) is 0 Å². The number of rotatable bonds is 4. The zero-order chi connectivity index (χ0) is 18.1. The minimum Gasteiger partial charge on any atom is -0.454 e. The van der Waals surface area contributed by atoms with Gasteiger partial charge in [-0.2, -0.15) is 5.26 Å². The van der Waals surface area contributed by atoms with E-state index in [9.17, 15) is 14.9 Å². The van der Waals surface area contributed by atoms with Crippen LogP contribution in [0, 0.1) is 11.3 Å². The molecule has 1 aliphatic rings. The second-order valence-corrected chi connectivity index (χ2v) is 5.72. The van der Waals surface area contributed by atoms with Crippen molar-refractivity contribution in [3.8, 4) is 17.6 Å². The van der Waals surface area contributed by atoms with Gasteiger partial charge < -0.3 is 14.4 Å². The predicted octanol–water partition coefficient (Wildman–Crippen LogP) is 0.711. The molecule has 1 aromatic heterocycles. The maximum Gasteiger partial charge on any atom is 0.332 e. The SMILES string of the molecule is CCN(Cc1ccc2c(c1)OCO2)c1c(C#N)c(=O)n(C)c(=O)n1C. The summed E-state index contributed by atoms with van der Waals surface area (Å²) in [6, 6.07) is 7.50. The van der Waals surface area contributed by atoms with E-state index in [-0.39, 0.29) is 12.4 Å². The Bertz CT molecular complexity index is 984. The van der Waals surface area contributed by atoms with E-state index in [0.717, 1.165) is 10.1 Å². The van der Waals surface area contributed by atoms with Crippen LogP contribution < -0.4 is 25.6 Å². The predicted molar refractivity (Wildman–Crippen MR) is 90.9 cm³/mol. The molecule has 0 saturated heterocycles. The van der Waals surface area contributed by atoms with Crippen LogP contribution in [0.25, 0.3) is 0 Å². The molecular formula is C17H18N4O4. The molecule has 8 heteroatoms. The molecule has 0 spiro atoms. The second kappa shape index (κ2) is 6.36. The van der Waals surface area contributed by atoms with E-state index >= 15 is 0 Å². The average Bonchev–Trinajstić information content (AvgIpc) is 3.09. The Balaban J connectivity index is 2.06. The topological polar surface area (TPSA) is 89.5 Å². The number of aromatic nitrogens is 2. The van der Waals surface area contributed by atoms with Gasteiger partial charge in [-0.15, -0.1) is 0 Å². The van der Waals surface area contributed by atoms with Crippen LogP contribution in [0.5, 0.6) is 11.5 Å². The molecule has 0 radical (unpaired) electrons. The molecule has 0 unspecified atom stereocenters. The fourth-order valence-corrected chi connectivity index (χ4v) is 2.90. The van der Waals surface area contributed by atoms with E-state index in [1.807, 2.05) is 36.1 Å². The number of nitriles is 1. The third-order valence-electron chi connectivity index (χ3n) is 4.24. The second-order valence-electron chi connectivity index (χ2n) is 5.72. The molecule has 0 saturated carbocycles. The van der Waals surface area contributed by atoms with Crippen LogP contribution in [0.2, 0.25) is 0 Å². The van der Waals surface area contributed by atoms with Crippen molar-refractivity contribution < 1.29 is 9.47 Å². The lowest BCUT2D eigenvalue weighted by Gasteiger charge is -2.26. The van der Waals surface area contributed by atoms with Crippen LogP contribution in [-0.4, -0.2) is 22.5 Å². The molecule has 0 aliphatic carbocycles. The molecule has 1 aromatic carbocycles. The quantitative estimate of drug-likeness (QED) is 0.813. The first-order valence-corrected chi connectivity index (χ1v) is 7.81. The van der Waals surface area contributed by atoms with E-state index in [1.165, 1.54) is 11.6 Å². The zero-order valence-electron chi connectivity index (χ0n) is 14.3. The molecule has 0 atom stereocenters. The summed E-state index contributed by atoms with van der Waals surface area (Å²) in [5.74, 6) is 1.66. The van der Waals surface area contributed by atoms with E-state index < -0.39 is 11.2 Å². The van der Waals surface area contributed by atoms with E-state index in [2.05, 4.69) is 0 Å². The van der Waals surface area contributed by atoms with Crippen molar-refractivity contribution in [2.75, 3.05) is 18.2 Å². The van der Waals surface area contributed by atoms with Gasteiger partial charge in [-0.05, 0) is 24.6 Å². The summed E-state index contributed by atoms with van der Waals surface area (Å²) in [6.07, 6.45) is 0. The Morgan fingerprint density at radius 3 is 2.60 bits per heavy atom. The number of ether oxygens (including phenoxy) is 2. The average molecular weight is 342 g/mol. The molecule has 2 heterocycles. The zero-order valence-corrected chi connectivity index (χ0v) is 14.3. The Morgan fingerprint density at radius 1 is 1.20 bits per heavy atom. The van der Waals surface area contributed by atoms with Crippen LogP contribution in [-0.2, 0) is 20.6 Å². The monoisotopic (exact) mass is 342 g/mol. The highest BCUT2D eigenvalue weighted by molar-refractivity contribution is 5.54. The van der Waals surface area contributed by atoms with Crippen LogP contribution in [0.1, 0.15) is 18.1 Å². The summed E-state index contributed by atoms with van der Waals surface area (Å²) in [6.45, 7) is 3.03. The van der Waals surface area contributed by atoms with E-state index in [1.54, 1.807) is 7.05 Å². The minimum absolute atomic E-state index is 0.0489. The first-order chi connectivity index (χ1) is 12.0. The maximum atomic E-state index is 12.3. The van der Waals surface area contributed by atoms with Gasteiger partial charge in [0, 0.05) is 27.2 Å². The van der Waals surface area contributed by atoms with Crippen LogP contribution in [0.4, 0.5) is 5.82 Å². The normalized spacial score (nSPS) is 12.1. The number of benzene rings is 1. The lowest BCUT2D eigenvalue weighted by molar-refractivity contribution is 0.174. The molecule has 0 bridgehead atoms. The number of hydrogen-bond donors (Lipinski definition) is 0.